The lowest BCUT2D eigenvalue weighted by Gasteiger charge is -2.63. The van der Waals surface area contributed by atoms with Gasteiger partial charge in [0.1, 0.15) is 11.9 Å². The van der Waals surface area contributed by atoms with E-state index in [4.69, 9.17) is 19.2 Å². The lowest BCUT2D eigenvalue weighted by atomic mass is 9.47. The first kappa shape index (κ1) is 36.0. The van der Waals surface area contributed by atoms with E-state index >= 15 is 0 Å². The number of para-hydroxylation sites is 1. The molecule has 1 saturated heterocycles. The van der Waals surface area contributed by atoms with Crippen LogP contribution < -0.4 is 9.64 Å². The van der Waals surface area contributed by atoms with Gasteiger partial charge < -0.3 is 29.6 Å². The van der Waals surface area contributed by atoms with Crippen LogP contribution in [0, 0.1) is 11.3 Å². The first-order valence-corrected chi connectivity index (χ1v) is 19.6. The molecule has 9 rings (SSSR count). The molecule has 6 aliphatic rings. The number of aromatic nitrogens is 1. The molecule has 2 fully saturated rings. The first-order chi connectivity index (χ1) is 26.1. The quantitative estimate of drug-likeness (QED) is 0.131. The standard InChI is InChI=1S/C43H54N4O7/c1-7-26-18-27-21-41(25-54-53-6,35-29(24-46(22-26)23-27)28-12-9-10-13-32(28)44-35)31-19-30-33(20-34(31)51-4)45(3)37-42(30)15-17-47-16-11-14-40(8-2,36(42)47)38(48)43(37,50)39(49)52-5/h9-14,18-20,27,36-38,44,48,50H,7-8,15-17,21-25H2,1-6H3/t27-,36?,37?,38?,40-,41+,42-,43?/m1/s1. The zero-order valence-electron chi connectivity index (χ0n) is 32.4. The largest absolute Gasteiger partial charge is 0.496 e. The lowest BCUT2D eigenvalue weighted by molar-refractivity contribution is -0.281. The number of nitrogens with one attached hydrogen (secondary N) is 1. The van der Waals surface area contributed by atoms with Crippen LogP contribution in [-0.4, -0.2) is 116 Å². The number of benzene rings is 2. The number of hydrogen-bond donors (Lipinski definition) is 3. The second kappa shape index (κ2) is 12.7. The lowest BCUT2D eigenvalue weighted by Crippen LogP contribution is -2.80. The van der Waals surface area contributed by atoms with Crippen molar-refractivity contribution in [3.8, 4) is 5.75 Å². The van der Waals surface area contributed by atoms with Crippen LogP contribution >= 0.6 is 0 Å². The Bertz CT molecular complexity index is 2060. The van der Waals surface area contributed by atoms with Crippen LogP contribution in [0.3, 0.4) is 0 Å². The number of aliphatic hydroxyl groups excluding tert-OH is 1. The molecule has 1 saturated carbocycles. The Hall–Kier alpha value is -3.71. The summed E-state index contributed by atoms with van der Waals surface area (Å²) in [5, 5.41) is 26.5. The third kappa shape index (κ3) is 4.48. The molecule has 1 spiro atoms. The molecule has 9 atom stereocenters. The van der Waals surface area contributed by atoms with Gasteiger partial charge in [-0.3, -0.25) is 9.80 Å². The smallest absolute Gasteiger partial charge is 0.342 e. The van der Waals surface area contributed by atoms with Gasteiger partial charge in [-0.15, -0.1) is 0 Å². The van der Waals surface area contributed by atoms with Gasteiger partial charge in [0.15, 0.2) is 0 Å². The number of aliphatic hydroxyl groups is 2. The number of carbonyl (C=O) groups is 1. The second-order valence-corrected chi connectivity index (χ2v) is 16.7. The van der Waals surface area contributed by atoms with Crippen LogP contribution in [0.1, 0.15) is 61.9 Å². The van der Waals surface area contributed by atoms with Gasteiger partial charge in [0.05, 0.1) is 39.4 Å². The van der Waals surface area contributed by atoms with Gasteiger partial charge in [-0.25, -0.2) is 14.6 Å². The average molecular weight is 739 g/mol. The molecule has 5 unspecified atom stereocenters. The third-order valence-electron chi connectivity index (χ3n) is 14.6. The van der Waals surface area contributed by atoms with Gasteiger partial charge in [0, 0.05) is 84.0 Å². The van der Waals surface area contributed by atoms with E-state index in [1.165, 1.54) is 23.6 Å². The Labute approximate surface area is 317 Å². The molecule has 6 heterocycles. The second-order valence-electron chi connectivity index (χ2n) is 16.7. The molecule has 288 valence electrons. The van der Waals surface area contributed by atoms with Crippen molar-refractivity contribution in [3.05, 3.63) is 82.6 Å². The summed E-state index contributed by atoms with van der Waals surface area (Å²) in [7, 11) is 6.50. The van der Waals surface area contributed by atoms with E-state index in [1.807, 2.05) is 11.9 Å². The fourth-order valence-electron chi connectivity index (χ4n) is 12.5. The number of carbonyl (C=O) groups excluding carboxylic acids is 1. The summed E-state index contributed by atoms with van der Waals surface area (Å²) in [4.78, 5) is 36.6. The van der Waals surface area contributed by atoms with E-state index < -0.39 is 40.0 Å². The molecule has 1 aliphatic carbocycles. The maximum Gasteiger partial charge on any atom is 0.342 e. The summed E-state index contributed by atoms with van der Waals surface area (Å²) in [6, 6.07) is 12.0. The van der Waals surface area contributed by atoms with Crippen molar-refractivity contribution in [3.63, 3.8) is 0 Å². The summed E-state index contributed by atoms with van der Waals surface area (Å²) >= 11 is 0. The number of likely N-dealkylation sites (N-methyl/N-ethyl adjacent to an activating group) is 1. The zero-order chi connectivity index (χ0) is 37.8. The van der Waals surface area contributed by atoms with Crippen LogP contribution in [0.4, 0.5) is 5.69 Å². The van der Waals surface area contributed by atoms with E-state index in [2.05, 4.69) is 83.3 Å². The summed E-state index contributed by atoms with van der Waals surface area (Å²) < 4.78 is 11.8. The summed E-state index contributed by atoms with van der Waals surface area (Å²) in [5.41, 5.74) is 3.14. The Balaban J connectivity index is 1.35. The van der Waals surface area contributed by atoms with Crippen LogP contribution in [0.2, 0.25) is 0 Å². The maximum atomic E-state index is 14.0. The normalized spacial score (nSPS) is 36.5. The molecule has 2 bridgehead atoms. The molecular weight excluding hydrogens is 684 g/mol. The summed E-state index contributed by atoms with van der Waals surface area (Å²) in [6.07, 6.45) is 8.21. The van der Waals surface area contributed by atoms with Crippen molar-refractivity contribution < 1.29 is 34.3 Å². The highest BCUT2D eigenvalue weighted by atomic mass is 17.2. The SMILES string of the molecule is CCC1=C[C@H]2CN(C1)Cc1c([nH]c3ccccc13)[C@@](COOC)(c1cc3c(cc1OC)N(C)C1C(O)(C(=O)OC)C(O)[C@]4(CC)C=CCN5CC[C@]31C54)C2. The molecule has 1 aromatic heterocycles. The Morgan fingerprint density at radius 2 is 1.89 bits per heavy atom. The van der Waals surface area contributed by atoms with Crippen molar-refractivity contribution in [2.24, 2.45) is 11.3 Å². The Morgan fingerprint density at radius 3 is 2.63 bits per heavy atom. The van der Waals surface area contributed by atoms with E-state index in [1.54, 1.807) is 14.2 Å². The number of nitrogens with zero attached hydrogens (tertiary/aromatic N) is 3. The van der Waals surface area contributed by atoms with Gasteiger partial charge >= 0.3 is 5.97 Å². The molecule has 3 aromatic rings. The predicted molar refractivity (Wildman–Crippen MR) is 205 cm³/mol. The van der Waals surface area contributed by atoms with Gasteiger partial charge in [-0.1, -0.05) is 55.8 Å². The molecule has 5 aliphatic heterocycles. The minimum Gasteiger partial charge on any atom is -0.496 e. The maximum absolute atomic E-state index is 14.0. The minimum absolute atomic E-state index is 0.177. The van der Waals surface area contributed by atoms with E-state index in [0.29, 0.717) is 18.6 Å². The van der Waals surface area contributed by atoms with Gasteiger partial charge in [0.2, 0.25) is 5.60 Å². The van der Waals surface area contributed by atoms with Crippen molar-refractivity contribution in [1.29, 1.82) is 0 Å². The topological polar surface area (TPSA) is 120 Å². The van der Waals surface area contributed by atoms with Gasteiger partial charge in [-0.05, 0) is 61.4 Å². The van der Waals surface area contributed by atoms with Crippen molar-refractivity contribution in [2.45, 2.75) is 80.7 Å². The molecule has 54 heavy (non-hydrogen) atoms. The Kier molecular flexibility index (Phi) is 8.43. The van der Waals surface area contributed by atoms with E-state index in [0.717, 1.165) is 73.6 Å². The van der Waals surface area contributed by atoms with Crippen LogP contribution in [0.15, 0.2) is 60.2 Å². The molecular formula is C43H54N4O7. The molecule has 0 amide bonds. The van der Waals surface area contributed by atoms with Crippen LogP contribution in [0.5, 0.6) is 5.75 Å². The average Bonchev–Trinajstić information content (AvgIpc) is 3.84. The fourth-order valence-corrected chi connectivity index (χ4v) is 12.5. The zero-order valence-corrected chi connectivity index (χ0v) is 32.4. The number of H-pyrrole nitrogens is 1. The number of methoxy groups -OCH3 is 2. The van der Waals surface area contributed by atoms with Crippen molar-refractivity contribution in [2.75, 3.05) is 66.1 Å². The first-order valence-electron chi connectivity index (χ1n) is 19.6. The molecule has 0 radical (unpaired) electrons. The molecule has 2 aromatic carbocycles. The number of anilines is 1. The molecule has 11 nitrogen and oxygen atoms in total. The van der Waals surface area contributed by atoms with Crippen molar-refractivity contribution >= 4 is 22.6 Å². The van der Waals surface area contributed by atoms with Gasteiger partial charge in [0.25, 0.3) is 0 Å². The van der Waals surface area contributed by atoms with Gasteiger partial charge in [-0.2, -0.15) is 0 Å². The summed E-state index contributed by atoms with van der Waals surface area (Å²) in [5.74, 6) is 0.103. The highest BCUT2D eigenvalue weighted by Crippen LogP contribution is 2.67. The number of hydrogen-bond acceptors (Lipinski definition) is 10. The highest BCUT2D eigenvalue weighted by Gasteiger charge is 2.79. The Morgan fingerprint density at radius 1 is 1.07 bits per heavy atom. The predicted octanol–water partition coefficient (Wildman–Crippen LogP) is 4.59. The van der Waals surface area contributed by atoms with Crippen LogP contribution in [0.25, 0.3) is 10.9 Å². The number of fused-ring (bicyclic) bond motifs is 6. The highest BCUT2D eigenvalue weighted by molar-refractivity contribution is 5.88. The number of ether oxygens (including phenoxy) is 2. The number of aromatic amines is 1. The molecule has 3 N–H and O–H groups in total. The fraction of sp³-hybridized carbons (Fsp3) is 0.558. The number of esters is 1. The minimum atomic E-state index is -2.21. The molecule has 11 heteroatoms. The van der Waals surface area contributed by atoms with Crippen molar-refractivity contribution in [1.82, 2.24) is 14.8 Å². The van der Waals surface area contributed by atoms with Crippen LogP contribution in [-0.2, 0) is 36.7 Å². The van der Waals surface area contributed by atoms with E-state index in [9.17, 15) is 15.0 Å². The third-order valence-corrected chi connectivity index (χ3v) is 14.6. The van der Waals surface area contributed by atoms with E-state index in [-0.39, 0.29) is 18.6 Å². The monoisotopic (exact) mass is 738 g/mol. The summed E-state index contributed by atoms with van der Waals surface area (Å²) in [6.45, 7) is 8.69. The number of rotatable bonds is 8.